The van der Waals surface area contributed by atoms with Crippen molar-refractivity contribution in [1.82, 2.24) is 14.5 Å². The Kier molecular flexibility index (Phi) is 6.92. The zero-order chi connectivity index (χ0) is 20.0. The molecular weight excluding hydrogens is 346 g/mol. The van der Waals surface area contributed by atoms with Gasteiger partial charge in [0.05, 0.1) is 0 Å². The molecule has 0 spiro atoms. The molecule has 3 N–H and O–H groups in total. The van der Waals surface area contributed by atoms with Crippen LogP contribution in [0.3, 0.4) is 0 Å². The summed E-state index contributed by atoms with van der Waals surface area (Å²) in [7, 11) is 0. The van der Waals surface area contributed by atoms with E-state index in [-0.39, 0.29) is 17.4 Å². The summed E-state index contributed by atoms with van der Waals surface area (Å²) in [6, 6.07) is 3.17. The van der Waals surface area contributed by atoms with Crippen LogP contribution in [0.4, 0.5) is 11.5 Å². The summed E-state index contributed by atoms with van der Waals surface area (Å²) in [5, 5.41) is 0. The van der Waals surface area contributed by atoms with E-state index in [1.165, 1.54) is 21.9 Å². The van der Waals surface area contributed by atoms with Gasteiger partial charge in [0, 0.05) is 31.0 Å². The second-order valence-electron chi connectivity index (χ2n) is 6.87. The van der Waals surface area contributed by atoms with E-state index in [1.54, 1.807) is 12.1 Å². The number of H-pyrrole nitrogens is 1. The maximum absolute atomic E-state index is 13.1. The van der Waals surface area contributed by atoms with Gasteiger partial charge in [0.2, 0.25) is 0 Å². The van der Waals surface area contributed by atoms with E-state index in [0.717, 1.165) is 12.8 Å². The van der Waals surface area contributed by atoms with Crippen molar-refractivity contribution in [2.24, 2.45) is 5.92 Å². The van der Waals surface area contributed by atoms with Crippen molar-refractivity contribution in [1.29, 1.82) is 0 Å². The molecule has 0 aliphatic heterocycles. The largest absolute Gasteiger partial charge is 0.383 e. The van der Waals surface area contributed by atoms with Crippen LogP contribution in [0.2, 0.25) is 0 Å². The highest BCUT2D eigenvalue weighted by Gasteiger charge is 2.25. The molecule has 27 heavy (non-hydrogen) atoms. The van der Waals surface area contributed by atoms with Gasteiger partial charge in [0.15, 0.2) is 5.69 Å². The highest BCUT2D eigenvalue weighted by molar-refractivity contribution is 6.07. The molecule has 0 saturated heterocycles. The molecule has 0 unspecified atom stereocenters. The summed E-state index contributed by atoms with van der Waals surface area (Å²) < 4.78 is 1.32. The highest BCUT2D eigenvalue weighted by atomic mass is 16.2. The first-order chi connectivity index (χ1) is 12.9. The Morgan fingerprint density at radius 1 is 1.30 bits per heavy atom. The Bertz CT molecular complexity index is 886. The normalized spacial score (nSPS) is 11.0. The van der Waals surface area contributed by atoms with E-state index in [4.69, 9.17) is 5.73 Å². The minimum Gasteiger partial charge on any atom is -0.383 e. The van der Waals surface area contributed by atoms with E-state index in [2.05, 4.69) is 9.97 Å². The maximum atomic E-state index is 13.1. The summed E-state index contributed by atoms with van der Waals surface area (Å²) in [6.07, 6.45) is 5.32. The standard InChI is InChI=1S/C19H27N5O3/c1-4-5-11-24-16(20)15(17(25)22-19(24)27)23(12-8-13(2)3)18(26)14-6-9-21-10-7-14/h6-7,9-10,13H,4-5,8,11-12,20H2,1-3H3,(H,22,25,27). The van der Waals surface area contributed by atoms with Crippen LogP contribution in [-0.4, -0.2) is 27.0 Å². The molecule has 0 fully saturated rings. The number of nitrogens with zero attached hydrogens (tertiary/aromatic N) is 3. The Hall–Kier alpha value is -2.90. The molecule has 8 nitrogen and oxygen atoms in total. The van der Waals surface area contributed by atoms with Gasteiger partial charge in [0.25, 0.3) is 11.5 Å². The number of carbonyl (C=O) groups excluding carboxylic acids is 1. The number of rotatable bonds is 8. The van der Waals surface area contributed by atoms with Gasteiger partial charge in [-0.15, -0.1) is 0 Å². The van der Waals surface area contributed by atoms with E-state index >= 15 is 0 Å². The van der Waals surface area contributed by atoms with E-state index < -0.39 is 11.2 Å². The molecule has 8 heteroatoms. The quantitative estimate of drug-likeness (QED) is 0.734. The molecule has 1 amide bonds. The van der Waals surface area contributed by atoms with E-state index in [9.17, 15) is 14.4 Å². The number of unbranched alkanes of at least 4 members (excludes halogenated alkanes) is 1. The first-order valence-corrected chi connectivity index (χ1v) is 9.21. The minimum atomic E-state index is -0.656. The molecule has 0 bridgehead atoms. The molecule has 0 radical (unpaired) electrons. The SMILES string of the molecule is CCCCn1c(N)c(N(CCC(C)C)C(=O)c2ccncc2)c(=O)[nH]c1=O. The number of nitrogens with two attached hydrogens (primary N) is 1. The number of aromatic amines is 1. The first-order valence-electron chi connectivity index (χ1n) is 9.21. The number of nitrogen functional groups attached to an aromatic ring is 1. The van der Waals surface area contributed by atoms with Crippen molar-refractivity contribution < 1.29 is 4.79 Å². The van der Waals surface area contributed by atoms with Gasteiger partial charge in [-0.25, -0.2) is 4.79 Å². The number of hydrogen-bond acceptors (Lipinski definition) is 5. The van der Waals surface area contributed by atoms with Gasteiger partial charge in [-0.1, -0.05) is 27.2 Å². The molecule has 2 rings (SSSR count). The summed E-state index contributed by atoms with van der Waals surface area (Å²) in [5.41, 5.74) is 5.39. The van der Waals surface area contributed by atoms with Crippen molar-refractivity contribution in [2.75, 3.05) is 17.2 Å². The number of carbonyl (C=O) groups is 1. The fourth-order valence-corrected chi connectivity index (χ4v) is 2.73. The number of hydrogen-bond donors (Lipinski definition) is 2. The lowest BCUT2D eigenvalue weighted by atomic mass is 10.1. The van der Waals surface area contributed by atoms with Crippen molar-refractivity contribution in [3.8, 4) is 0 Å². The monoisotopic (exact) mass is 373 g/mol. The van der Waals surface area contributed by atoms with Gasteiger partial charge in [-0.2, -0.15) is 0 Å². The van der Waals surface area contributed by atoms with Crippen molar-refractivity contribution in [3.63, 3.8) is 0 Å². The second-order valence-corrected chi connectivity index (χ2v) is 6.87. The smallest absolute Gasteiger partial charge is 0.330 e. The Morgan fingerprint density at radius 2 is 1.96 bits per heavy atom. The molecule has 0 saturated carbocycles. The first kappa shape index (κ1) is 20.4. The molecule has 146 valence electrons. The molecular formula is C19H27N5O3. The zero-order valence-electron chi connectivity index (χ0n) is 16.1. The van der Waals surface area contributed by atoms with Crippen LogP contribution in [0.1, 0.15) is 50.4 Å². The molecule has 2 aromatic rings. The van der Waals surface area contributed by atoms with E-state index in [0.29, 0.717) is 31.0 Å². The second kappa shape index (κ2) is 9.16. The minimum absolute atomic E-state index is 0.0170. The Balaban J connectivity index is 2.56. The van der Waals surface area contributed by atoms with Gasteiger partial charge < -0.3 is 10.6 Å². The van der Waals surface area contributed by atoms with Crippen LogP contribution in [0.5, 0.6) is 0 Å². The van der Waals surface area contributed by atoms with Crippen LogP contribution < -0.4 is 21.9 Å². The predicted octanol–water partition coefficient (Wildman–Crippen LogP) is 2.01. The van der Waals surface area contributed by atoms with Crippen LogP contribution in [0.25, 0.3) is 0 Å². The van der Waals surface area contributed by atoms with E-state index in [1.807, 2.05) is 20.8 Å². The number of aromatic nitrogens is 3. The molecule has 0 aromatic carbocycles. The Labute approximate surface area is 158 Å². The lowest BCUT2D eigenvalue weighted by Gasteiger charge is -2.25. The van der Waals surface area contributed by atoms with Crippen LogP contribution in [-0.2, 0) is 6.54 Å². The van der Waals surface area contributed by atoms with Crippen LogP contribution in [0, 0.1) is 5.92 Å². The molecule has 2 aromatic heterocycles. The molecule has 0 aliphatic carbocycles. The highest BCUT2D eigenvalue weighted by Crippen LogP contribution is 2.21. The summed E-state index contributed by atoms with van der Waals surface area (Å²) >= 11 is 0. The van der Waals surface area contributed by atoms with Crippen molar-refractivity contribution >= 4 is 17.4 Å². The maximum Gasteiger partial charge on any atom is 0.330 e. The summed E-state index contributed by atoms with van der Waals surface area (Å²) in [4.78, 5) is 45.4. The van der Waals surface area contributed by atoms with Gasteiger partial charge >= 0.3 is 5.69 Å². The van der Waals surface area contributed by atoms with Crippen molar-refractivity contribution in [2.45, 2.75) is 46.6 Å². The third-order valence-electron chi connectivity index (χ3n) is 4.32. The Morgan fingerprint density at radius 3 is 2.56 bits per heavy atom. The predicted molar refractivity (Wildman–Crippen MR) is 106 cm³/mol. The number of pyridine rings is 1. The van der Waals surface area contributed by atoms with Crippen molar-refractivity contribution in [3.05, 3.63) is 50.9 Å². The number of amides is 1. The fourth-order valence-electron chi connectivity index (χ4n) is 2.73. The third-order valence-corrected chi connectivity index (χ3v) is 4.32. The van der Waals surface area contributed by atoms with Gasteiger partial charge in [-0.05, 0) is 30.9 Å². The zero-order valence-corrected chi connectivity index (χ0v) is 16.1. The van der Waals surface area contributed by atoms with Crippen LogP contribution >= 0.6 is 0 Å². The fraction of sp³-hybridized carbons (Fsp3) is 0.474. The average molecular weight is 373 g/mol. The summed E-state index contributed by atoms with van der Waals surface area (Å²) in [6.45, 7) is 6.76. The molecule has 0 atom stereocenters. The molecule has 2 heterocycles. The van der Waals surface area contributed by atoms with Crippen LogP contribution in [0.15, 0.2) is 34.1 Å². The average Bonchev–Trinajstić information content (AvgIpc) is 2.64. The molecule has 0 aliphatic rings. The summed E-state index contributed by atoms with van der Waals surface area (Å²) in [5.74, 6) is -0.0108. The lowest BCUT2D eigenvalue weighted by Crippen LogP contribution is -2.42. The van der Waals surface area contributed by atoms with Gasteiger partial charge in [0.1, 0.15) is 5.82 Å². The third kappa shape index (κ3) is 4.84. The topological polar surface area (TPSA) is 114 Å². The number of nitrogens with one attached hydrogen (secondary N) is 1. The lowest BCUT2D eigenvalue weighted by molar-refractivity contribution is 0.0985. The van der Waals surface area contributed by atoms with Gasteiger partial charge in [-0.3, -0.25) is 24.1 Å². The number of anilines is 2.